The molecule has 0 aliphatic carbocycles. The summed E-state index contributed by atoms with van der Waals surface area (Å²) in [5.41, 5.74) is 10.3. The molecule has 2 aromatic heterocycles. The van der Waals surface area contributed by atoms with Crippen LogP contribution in [0.1, 0.15) is 70.2 Å². The van der Waals surface area contributed by atoms with Gasteiger partial charge in [-0.05, 0) is 76.3 Å². The fourth-order valence-electron chi connectivity index (χ4n) is 7.77. The Kier molecular flexibility index (Phi) is 9.93. The number of fused-ring (bicyclic) bond motifs is 6. The van der Waals surface area contributed by atoms with E-state index in [1.807, 2.05) is 23.5 Å². The van der Waals surface area contributed by atoms with Crippen LogP contribution in [0.25, 0.3) is 55.0 Å². The summed E-state index contributed by atoms with van der Waals surface area (Å²) in [5, 5.41) is 28.5. The Labute approximate surface area is 333 Å². The Morgan fingerprint density at radius 2 is 0.764 bits per heavy atom. The van der Waals surface area contributed by atoms with Gasteiger partial charge >= 0.3 is 0 Å². The first kappa shape index (κ1) is 37.2. The van der Waals surface area contributed by atoms with Gasteiger partial charge in [0.2, 0.25) is 0 Å². The average molecular weight is 763 g/mol. The lowest BCUT2D eigenvalue weighted by Crippen LogP contribution is -2.13. The number of aromatic nitrogens is 2. The molecular formula is C49H50N2O2S2. The van der Waals surface area contributed by atoms with Crippen LogP contribution in [0.4, 0.5) is 0 Å². The van der Waals surface area contributed by atoms with E-state index in [0.29, 0.717) is 11.5 Å². The minimum Gasteiger partial charge on any atom is -0.505 e. The third kappa shape index (κ3) is 7.00. The van der Waals surface area contributed by atoms with Gasteiger partial charge in [-0.3, -0.25) is 0 Å². The topological polar surface area (TPSA) is 50.3 Å². The quantitative estimate of drug-likeness (QED) is 0.136. The number of nitrogens with zero attached hydrogens (tertiary/aromatic N) is 2. The third-order valence-electron chi connectivity index (χ3n) is 10.8. The van der Waals surface area contributed by atoms with Crippen molar-refractivity contribution in [2.45, 2.75) is 70.3 Å². The monoisotopic (exact) mass is 762 g/mol. The smallest absolute Gasteiger partial charge is 0.143 e. The van der Waals surface area contributed by atoms with Gasteiger partial charge < -0.3 is 19.3 Å². The number of phenols is 2. The third-order valence-corrected chi connectivity index (χ3v) is 13.0. The van der Waals surface area contributed by atoms with Gasteiger partial charge in [0, 0.05) is 44.2 Å². The zero-order chi connectivity index (χ0) is 38.5. The second-order valence-electron chi connectivity index (χ2n) is 16.7. The minimum atomic E-state index is -0.0749. The van der Waals surface area contributed by atoms with Crippen molar-refractivity contribution in [3.05, 3.63) is 144 Å². The standard InChI is InChI=1S/C49H50N2O2S2/c1-48(2,3)34-26-32(46(52)44(28-34)50-40-20-11-7-16-36(40)37-17-8-12-21-41(37)50)30-54-24-15-25-55-31-33-27-35(49(4,5)6)29-45(47(33)53)51-42-22-13-9-18-38(42)39-19-10-14-23-43(39)51/h7-14,16-23,26-29,52-53H,15,24-25,30-31H2,1-6H3. The molecule has 6 aromatic carbocycles. The van der Waals surface area contributed by atoms with Gasteiger partial charge in [0.25, 0.3) is 0 Å². The van der Waals surface area contributed by atoms with Crippen LogP contribution < -0.4 is 0 Å². The maximum atomic E-state index is 11.9. The molecular weight excluding hydrogens is 713 g/mol. The van der Waals surface area contributed by atoms with E-state index in [1.165, 1.54) is 32.7 Å². The molecule has 2 heterocycles. The Bertz CT molecular complexity index is 2400. The van der Waals surface area contributed by atoms with Gasteiger partial charge in [0.05, 0.1) is 33.4 Å². The van der Waals surface area contributed by atoms with E-state index in [2.05, 4.69) is 172 Å². The van der Waals surface area contributed by atoms with Gasteiger partial charge in [0.15, 0.2) is 0 Å². The lowest BCUT2D eigenvalue weighted by atomic mass is 9.85. The van der Waals surface area contributed by atoms with Gasteiger partial charge in [-0.1, -0.05) is 126 Å². The van der Waals surface area contributed by atoms with Gasteiger partial charge in [0.1, 0.15) is 11.5 Å². The van der Waals surface area contributed by atoms with Crippen molar-refractivity contribution in [2.24, 2.45) is 0 Å². The van der Waals surface area contributed by atoms with Gasteiger partial charge in [-0.25, -0.2) is 0 Å². The lowest BCUT2D eigenvalue weighted by Gasteiger charge is -2.23. The molecule has 0 saturated carbocycles. The predicted octanol–water partition coefficient (Wildman–Crippen LogP) is 13.4. The SMILES string of the molecule is CC(C)(C)c1cc(CSCCCSCc2cc(C(C)(C)C)cc(-n3c4ccccc4c4ccccc43)c2O)c(O)c(-n2c3ccccc3c3ccccc32)c1. The summed E-state index contributed by atoms with van der Waals surface area (Å²) in [4.78, 5) is 0. The summed E-state index contributed by atoms with van der Waals surface area (Å²) in [5.74, 6) is 4.15. The number of phenolic OH excluding ortho intramolecular Hbond substituents is 2. The van der Waals surface area contributed by atoms with Crippen LogP contribution >= 0.6 is 23.5 Å². The first-order valence-corrected chi connectivity index (χ1v) is 21.6. The number of rotatable bonds is 10. The molecule has 8 aromatic rings. The van der Waals surface area contributed by atoms with Crippen molar-refractivity contribution < 1.29 is 10.2 Å². The van der Waals surface area contributed by atoms with Crippen LogP contribution in [0, 0.1) is 0 Å². The number of hydrogen-bond donors (Lipinski definition) is 2. The van der Waals surface area contributed by atoms with Crippen molar-refractivity contribution in [3.8, 4) is 22.9 Å². The molecule has 4 nitrogen and oxygen atoms in total. The highest BCUT2D eigenvalue weighted by Crippen LogP contribution is 2.42. The summed E-state index contributed by atoms with van der Waals surface area (Å²) in [6.45, 7) is 13.4. The Morgan fingerprint density at radius 1 is 0.455 bits per heavy atom. The van der Waals surface area contributed by atoms with Gasteiger partial charge in [-0.15, -0.1) is 0 Å². The molecule has 0 unspecified atom stereocenters. The highest BCUT2D eigenvalue weighted by Gasteiger charge is 2.24. The van der Waals surface area contributed by atoms with Crippen molar-refractivity contribution in [2.75, 3.05) is 11.5 Å². The molecule has 0 radical (unpaired) electrons. The molecule has 2 N–H and O–H groups in total. The molecule has 8 rings (SSSR count). The van der Waals surface area contributed by atoms with Crippen molar-refractivity contribution in [1.29, 1.82) is 0 Å². The van der Waals surface area contributed by atoms with E-state index >= 15 is 0 Å². The molecule has 0 saturated heterocycles. The van der Waals surface area contributed by atoms with Crippen molar-refractivity contribution >= 4 is 67.1 Å². The highest BCUT2D eigenvalue weighted by molar-refractivity contribution is 7.99. The van der Waals surface area contributed by atoms with Crippen molar-refractivity contribution in [1.82, 2.24) is 9.13 Å². The molecule has 0 bridgehead atoms. The molecule has 55 heavy (non-hydrogen) atoms. The van der Waals surface area contributed by atoms with Crippen LogP contribution in [0.2, 0.25) is 0 Å². The van der Waals surface area contributed by atoms with Crippen LogP contribution in [0.3, 0.4) is 0 Å². The van der Waals surface area contributed by atoms with Crippen LogP contribution in [-0.4, -0.2) is 30.9 Å². The second kappa shape index (κ2) is 14.7. The number of benzene rings is 6. The zero-order valence-corrected chi connectivity index (χ0v) is 34.3. The van der Waals surface area contributed by atoms with Crippen LogP contribution in [0.15, 0.2) is 121 Å². The molecule has 0 aliphatic rings. The zero-order valence-electron chi connectivity index (χ0n) is 32.7. The molecule has 0 amide bonds. The molecule has 280 valence electrons. The summed E-state index contributed by atoms with van der Waals surface area (Å²) >= 11 is 3.75. The number of hydrogen-bond acceptors (Lipinski definition) is 4. The molecule has 0 aliphatic heterocycles. The van der Waals surface area contributed by atoms with E-state index in [4.69, 9.17) is 0 Å². The Hall–Kier alpha value is -4.78. The van der Waals surface area contributed by atoms with E-state index in [-0.39, 0.29) is 10.8 Å². The van der Waals surface area contributed by atoms with E-state index in [9.17, 15) is 10.2 Å². The Balaban J connectivity index is 0.996. The normalized spacial score (nSPS) is 12.5. The molecule has 6 heteroatoms. The summed E-state index contributed by atoms with van der Waals surface area (Å²) in [6, 6.07) is 42.7. The number of para-hydroxylation sites is 4. The van der Waals surface area contributed by atoms with E-state index < -0.39 is 0 Å². The van der Waals surface area contributed by atoms with Crippen molar-refractivity contribution in [3.63, 3.8) is 0 Å². The summed E-state index contributed by atoms with van der Waals surface area (Å²) in [7, 11) is 0. The van der Waals surface area contributed by atoms with Crippen LogP contribution in [-0.2, 0) is 22.3 Å². The largest absolute Gasteiger partial charge is 0.505 e. The fourth-order valence-corrected chi connectivity index (χ4v) is 9.82. The second-order valence-corrected chi connectivity index (χ2v) is 18.9. The average Bonchev–Trinajstić information content (AvgIpc) is 3.68. The number of aromatic hydroxyl groups is 2. The van der Waals surface area contributed by atoms with Gasteiger partial charge in [-0.2, -0.15) is 23.5 Å². The summed E-state index contributed by atoms with van der Waals surface area (Å²) < 4.78 is 4.47. The lowest BCUT2D eigenvalue weighted by molar-refractivity contribution is 0.466. The molecule has 0 spiro atoms. The minimum absolute atomic E-state index is 0.0749. The first-order valence-electron chi connectivity index (χ1n) is 19.3. The van der Waals surface area contributed by atoms with Crippen LogP contribution in [0.5, 0.6) is 11.5 Å². The van der Waals surface area contributed by atoms with E-state index in [1.54, 1.807) is 0 Å². The maximum Gasteiger partial charge on any atom is 0.143 e. The number of thioether (sulfide) groups is 2. The fraction of sp³-hybridized carbons (Fsp3) is 0.265. The highest BCUT2D eigenvalue weighted by atomic mass is 32.2. The maximum absolute atomic E-state index is 11.9. The predicted molar refractivity (Wildman–Crippen MR) is 239 cm³/mol. The molecule has 0 atom stereocenters. The Morgan fingerprint density at radius 3 is 1.07 bits per heavy atom. The van der Waals surface area contributed by atoms with E-state index in [0.717, 1.165) is 74.0 Å². The summed E-state index contributed by atoms with van der Waals surface area (Å²) in [6.07, 6.45) is 1.04. The first-order chi connectivity index (χ1) is 26.4. The molecule has 0 fully saturated rings.